The van der Waals surface area contributed by atoms with Gasteiger partial charge in [0.25, 0.3) is 0 Å². The lowest BCUT2D eigenvalue weighted by molar-refractivity contribution is 0.520. The van der Waals surface area contributed by atoms with Gasteiger partial charge in [0.05, 0.1) is 10.6 Å². The van der Waals surface area contributed by atoms with Crippen molar-refractivity contribution < 1.29 is 8.42 Å². The minimum absolute atomic E-state index is 0.244. The predicted octanol–water partition coefficient (Wildman–Crippen LogP) is 1.52. The number of anilines is 1. The average Bonchev–Trinajstić information content (AvgIpc) is 2.91. The fourth-order valence-corrected chi connectivity index (χ4v) is 3.16. The van der Waals surface area contributed by atoms with Gasteiger partial charge in [-0.25, -0.2) is 12.7 Å². The van der Waals surface area contributed by atoms with Crippen LogP contribution in [0.3, 0.4) is 0 Å². The molecule has 0 atom stereocenters. The lowest BCUT2D eigenvalue weighted by atomic mass is 10.1. The van der Waals surface area contributed by atoms with Crippen molar-refractivity contribution in [3.8, 4) is 12.3 Å². The van der Waals surface area contributed by atoms with Gasteiger partial charge in [-0.3, -0.25) is 0 Å². The van der Waals surface area contributed by atoms with Gasteiger partial charge in [0.15, 0.2) is 0 Å². The molecule has 1 aromatic rings. The molecule has 0 spiro atoms. The first-order valence-electron chi connectivity index (χ1n) is 6.25. The van der Waals surface area contributed by atoms with Crippen LogP contribution in [0.1, 0.15) is 18.4 Å². The monoisotopic (exact) mass is 278 g/mol. The van der Waals surface area contributed by atoms with Gasteiger partial charge >= 0.3 is 0 Å². The minimum Gasteiger partial charge on any atom is -0.371 e. The molecule has 4 nitrogen and oxygen atoms in total. The minimum atomic E-state index is -3.43. The summed E-state index contributed by atoms with van der Waals surface area (Å²) >= 11 is 0. The van der Waals surface area contributed by atoms with Gasteiger partial charge in [-0.05, 0) is 31.0 Å². The van der Waals surface area contributed by atoms with Crippen molar-refractivity contribution in [2.45, 2.75) is 17.7 Å². The Hall–Kier alpha value is -1.51. The maximum Gasteiger partial charge on any atom is 0.242 e. The molecule has 0 aromatic heterocycles. The molecule has 1 aromatic carbocycles. The van der Waals surface area contributed by atoms with Crippen LogP contribution in [0.4, 0.5) is 5.69 Å². The van der Waals surface area contributed by atoms with E-state index in [-0.39, 0.29) is 4.90 Å². The lowest BCUT2D eigenvalue weighted by Crippen LogP contribution is -2.23. The molecule has 102 valence electrons. The molecule has 1 aliphatic rings. The van der Waals surface area contributed by atoms with E-state index in [0.717, 1.165) is 31.6 Å². The fourth-order valence-electron chi connectivity index (χ4n) is 2.24. The third-order valence-corrected chi connectivity index (χ3v) is 5.16. The standard InChI is InChI=1S/C14H18N2O2S/c1-4-12-11-13(19(17,18)15(2)3)7-8-14(12)16-9-5-6-10-16/h1,7-8,11H,5-6,9-10H2,2-3H3. The first-order chi connectivity index (χ1) is 8.96. The molecule has 2 rings (SSSR count). The van der Waals surface area contributed by atoms with Crippen LogP contribution in [0, 0.1) is 12.3 Å². The number of sulfonamides is 1. The second-order valence-electron chi connectivity index (χ2n) is 4.80. The largest absolute Gasteiger partial charge is 0.371 e. The van der Waals surface area contributed by atoms with Crippen LogP contribution >= 0.6 is 0 Å². The van der Waals surface area contributed by atoms with Crippen LogP contribution in [-0.4, -0.2) is 39.9 Å². The van der Waals surface area contributed by atoms with E-state index in [1.807, 2.05) is 6.07 Å². The van der Waals surface area contributed by atoms with Gasteiger partial charge in [0.1, 0.15) is 0 Å². The Kier molecular flexibility index (Phi) is 3.83. The number of nitrogens with zero attached hydrogens (tertiary/aromatic N) is 2. The molecule has 0 aliphatic carbocycles. The third kappa shape index (κ3) is 2.60. The summed E-state index contributed by atoms with van der Waals surface area (Å²) in [7, 11) is -0.404. The predicted molar refractivity (Wildman–Crippen MR) is 76.7 cm³/mol. The molecule has 0 N–H and O–H groups in total. The highest BCUT2D eigenvalue weighted by atomic mass is 32.2. The van der Waals surface area contributed by atoms with E-state index in [1.165, 1.54) is 18.4 Å². The Bertz CT molecular complexity index is 609. The van der Waals surface area contributed by atoms with Gasteiger partial charge < -0.3 is 4.90 Å². The molecule has 0 unspecified atom stereocenters. The lowest BCUT2D eigenvalue weighted by Gasteiger charge is -2.20. The van der Waals surface area contributed by atoms with E-state index in [4.69, 9.17) is 6.42 Å². The number of terminal acetylenes is 1. The smallest absolute Gasteiger partial charge is 0.242 e. The van der Waals surface area contributed by atoms with Gasteiger partial charge in [-0.2, -0.15) is 0 Å². The zero-order chi connectivity index (χ0) is 14.0. The molecule has 0 amide bonds. The zero-order valence-corrected chi connectivity index (χ0v) is 12.1. The topological polar surface area (TPSA) is 40.6 Å². The Morgan fingerprint density at radius 3 is 2.42 bits per heavy atom. The highest BCUT2D eigenvalue weighted by molar-refractivity contribution is 7.89. The summed E-state index contributed by atoms with van der Waals surface area (Å²) in [6, 6.07) is 5.03. The van der Waals surface area contributed by atoms with E-state index in [1.54, 1.807) is 12.1 Å². The van der Waals surface area contributed by atoms with Crippen molar-refractivity contribution in [1.82, 2.24) is 4.31 Å². The summed E-state index contributed by atoms with van der Waals surface area (Å²) < 4.78 is 25.3. The quantitative estimate of drug-likeness (QED) is 0.787. The van der Waals surface area contributed by atoms with Crippen LogP contribution in [0.25, 0.3) is 0 Å². The summed E-state index contributed by atoms with van der Waals surface area (Å²) in [6.45, 7) is 1.96. The Morgan fingerprint density at radius 1 is 1.26 bits per heavy atom. The molecule has 0 bridgehead atoms. The summed E-state index contributed by atoms with van der Waals surface area (Å²) in [4.78, 5) is 2.45. The van der Waals surface area contributed by atoms with Gasteiger partial charge in [0, 0.05) is 32.7 Å². The molecule has 1 aliphatic heterocycles. The van der Waals surface area contributed by atoms with Gasteiger partial charge in [-0.15, -0.1) is 6.42 Å². The molecule has 19 heavy (non-hydrogen) atoms. The molecule has 0 radical (unpaired) electrons. The molecular weight excluding hydrogens is 260 g/mol. The second kappa shape index (κ2) is 5.24. The Morgan fingerprint density at radius 2 is 1.89 bits per heavy atom. The third-order valence-electron chi connectivity index (χ3n) is 3.35. The van der Waals surface area contributed by atoms with Gasteiger partial charge in [-0.1, -0.05) is 5.92 Å². The summed E-state index contributed by atoms with van der Waals surface area (Å²) in [5.74, 6) is 2.60. The summed E-state index contributed by atoms with van der Waals surface area (Å²) in [6.07, 6.45) is 7.83. The molecule has 0 saturated carbocycles. The van der Waals surface area contributed by atoms with E-state index >= 15 is 0 Å². The van der Waals surface area contributed by atoms with Crippen LogP contribution in [-0.2, 0) is 10.0 Å². The second-order valence-corrected chi connectivity index (χ2v) is 6.96. The van der Waals surface area contributed by atoms with Crippen molar-refractivity contribution in [3.63, 3.8) is 0 Å². The van der Waals surface area contributed by atoms with Crippen molar-refractivity contribution in [3.05, 3.63) is 23.8 Å². The maximum absolute atomic E-state index is 12.1. The SMILES string of the molecule is C#Cc1cc(S(=O)(=O)N(C)C)ccc1N1CCCC1. The van der Waals surface area contributed by atoms with Crippen molar-refractivity contribution in [2.75, 3.05) is 32.1 Å². The van der Waals surface area contributed by atoms with Crippen LogP contribution in [0.15, 0.2) is 23.1 Å². The molecule has 1 fully saturated rings. The fraction of sp³-hybridized carbons (Fsp3) is 0.429. The zero-order valence-electron chi connectivity index (χ0n) is 11.3. The van der Waals surface area contributed by atoms with E-state index < -0.39 is 10.0 Å². The molecule has 1 heterocycles. The Balaban J connectivity index is 2.45. The average molecular weight is 278 g/mol. The molecular formula is C14H18N2O2S. The van der Waals surface area contributed by atoms with Crippen LogP contribution < -0.4 is 4.90 Å². The number of hydrogen-bond donors (Lipinski definition) is 0. The van der Waals surface area contributed by atoms with Crippen LogP contribution in [0.5, 0.6) is 0 Å². The number of hydrogen-bond acceptors (Lipinski definition) is 3. The summed E-state index contributed by atoms with van der Waals surface area (Å²) in [5.41, 5.74) is 1.60. The highest BCUT2D eigenvalue weighted by Crippen LogP contribution is 2.27. The van der Waals surface area contributed by atoms with Crippen LogP contribution in [0.2, 0.25) is 0 Å². The van der Waals surface area contributed by atoms with Crippen molar-refractivity contribution in [1.29, 1.82) is 0 Å². The number of rotatable bonds is 3. The van der Waals surface area contributed by atoms with E-state index in [9.17, 15) is 8.42 Å². The Labute approximate surface area is 115 Å². The van der Waals surface area contributed by atoms with Crippen molar-refractivity contribution >= 4 is 15.7 Å². The highest BCUT2D eigenvalue weighted by Gasteiger charge is 2.21. The first-order valence-corrected chi connectivity index (χ1v) is 7.69. The van der Waals surface area contributed by atoms with E-state index in [2.05, 4.69) is 10.8 Å². The van der Waals surface area contributed by atoms with Crippen molar-refractivity contribution in [2.24, 2.45) is 0 Å². The first kappa shape index (κ1) is 13.9. The summed E-state index contributed by atoms with van der Waals surface area (Å²) in [5, 5.41) is 0. The normalized spacial score (nSPS) is 15.8. The molecule has 5 heteroatoms. The van der Waals surface area contributed by atoms with Gasteiger partial charge in [0.2, 0.25) is 10.0 Å². The van der Waals surface area contributed by atoms with E-state index in [0.29, 0.717) is 5.56 Å². The molecule has 1 saturated heterocycles. The number of benzene rings is 1. The maximum atomic E-state index is 12.1.